The fourth-order valence-corrected chi connectivity index (χ4v) is 5.69. The number of nitrogens with zero attached hydrogens (tertiary/aromatic N) is 1. The number of halogens is 2. The fraction of sp³-hybridized carbons (Fsp3) is 0.100. The first-order valence-corrected chi connectivity index (χ1v) is 11.9. The van der Waals surface area contributed by atoms with Crippen LogP contribution in [0.15, 0.2) is 76.5 Å². The molecule has 11 heteroatoms. The van der Waals surface area contributed by atoms with Crippen molar-refractivity contribution in [3.63, 3.8) is 0 Å². The fourth-order valence-electron chi connectivity index (χ4n) is 3.11. The van der Waals surface area contributed by atoms with Gasteiger partial charge >= 0.3 is 0 Å². The molecule has 0 spiro atoms. The number of fused-ring (bicyclic) bond motifs is 1. The Balaban J connectivity index is 1.72. The van der Waals surface area contributed by atoms with E-state index in [0.717, 1.165) is 40.7 Å². The second-order valence-corrected chi connectivity index (χ2v) is 10.1. The van der Waals surface area contributed by atoms with Crippen molar-refractivity contribution in [1.29, 1.82) is 0 Å². The van der Waals surface area contributed by atoms with Crippen molar-refractivity contribution in [2.75, 3.05) is 22.2 Å². The number of anilines is 2. The molecule has 3 aromatic rings. The number of rotatable bonds is 5. The highest BCUT2D eigenvalue weighted by atomic mass is 32.2. The van der Waals surface area contributed by atoms with Gasteiger partial charge in [0.15, 0.2) is 0 Å². The van der Waals surface area contributed by atoms with E-state index in [4.69, 9.17) is 4.74 Å². The van der Waals surface area contributed by atoms with Crippen LogP contribution >= 0.6 is 0 Å². The Bertz CT molecular complexity index is 1340. The predicted molar refractivity (Wildman–Crippen MR) is 110 cm³/mol. The van der Waals surface area contributed by atoms with Crippen molar-refractivity contribution in [3.8, 4) is 5.75 Å². The number of hydrogen-bond donors (Lipinski definition) is 1. The van der Waals surface area contributed by atoms with Crippen molar-refractivity contribution >= 4 is 31.4 Å². The third kappa shape index (κ3) is 4.06. The van der Waals surface area contributed by atoms with Crippen LogP contribution in [-0.2, 0) is 20.0 Å². The molecular weight excluding hydrogens is 450 g/mol. The van der Waals surface area contributed by atoms with Gasteiger partial charge in [-0.3, -0.25) is 9.03 Å². The van der Waals surface area contributed by atoms with Crippen LogP contribution in [-0.4, -0.2) is 30.0 Å². The highest BCUT2D eigenvalue weighted by Crippen LogP contribution is 2.38. The lowest BCUT2D eigenvalue weighted by atomic mass is 10.2. The van der Waals surface area contributed by atoms with Crippen LogP contribution in [0.2, 0.25) is 0 Å². The summed E-state index contributed by atoms with van der Waals surface area (Å²) < 4.78 is 87.3. The normalized spacial score (nSPS) is 13.9. The van der Waals surface area contributed by atoms with Crippen molar-refractivity contribution in [1.82, 2.24) is 0 Å². The van der Waals surface area contributed by atoms with Crippen molar-refractivity contribution < 1.29 is 30.4 Å². The first-order chi connectivity index (χ1) is 14.7. The lowest BCUT2D eigenvalue weighted by Gasteiger charge is -2.31. The summed E-state index contributed by atoms with van der Waals surface area (Å²) in [5.74, 6) is -1.27. The van der Waals surface area contributed by atoms with Gasteiger partial charge in [0.2, 0.25) is 0 Å². The van der Waals surface area contributed by atoms with Gasteiger partial charge in [0.05, 0.1) is 22.8 Å². The molecule has 1 heterocycles. The van der Waals surface area contributed by atoms with Gasteiger partial charge in [0, 0.05) is 0 Å². The molecule has 0 saturated carbocycles. The highest BCUT2D eigenvalue weighted by molar-refractivity contribution is 7.93. The average Bonchev–Trinajstić information content (AvgIpc) is 2.73. The van der Waals surface area contributed by atoms with Crippen LogP contribution in [0.5, 0.6) is 5.75 Å². The van der Waals surface area contributed by atoms with E-state index in [1.165, 1.54) is 30.3 Å². The van der Waals surface area contributed by atoms with E-state index in [9.17, 15) is 25.6 Å². The molecule has 1 N–H and O–H groups in total. The predicted octanol–water partition coefficient (Wildman–Crippen LogP) is 3.35. The molecule has 0 aromatic heterocycles. The zero-order valence-electron chi connectivity index (χ0n) is 15.8. The maximum Gasteiger partial charge on any atom is 0.264 e. The summed E-state index contributed by atoms with van der Waals surface area (Å²) in [6.45, 7) is 0.0456. The first-order valence-electron chi connectivity index (χ1n) is 9.01. The number of ether oxygens (including phenoxy) is 1. The summed E-state index contributed by atoms with van der Waals surface area (Å²) in [4.78, 5) is -0.668. The Morgan fingerprint density at radius 3 is 2.32 bits per heavy atom. The van der Waals surface area contributed by atoms with Crippen LogP contribution in [0.25, 0.3) is 0 Å². The number of hydrogen-bond acceptors (Lipinski definition) is 5. The van der Waals surface area contributed by atoms with Crippen LogP contribution in [0, 0.1) is 11.6 Å². The summed E-state index contributed by atoms with van der Waals surface area (Å²) in [5.41, 5.74) is 0.121. The molecule has 0 fully saturated rings. The lowest BCUT2D eigenvalue weighted by Crippen LogP contribution is -2.38. The van der Waals surface area contributed by atoms with Gasteiger partial charge in [-0.15, -0.1) is 0 Å². The van der Waals surface area contributed by atoms with E-state index in [1.54, 1.807) is 0 Å². The Morgan fingerprint density at radius 1 is 0.903 bits per heavy atom. The molecule has 162 valence electrons. The smallest absolute Gasteiger partial charge is 0.264 e. The SMILES string of the molecule is O=S(=O)(Nc1ccc2c(c1)N(S(=O)(=O)c1ccc(F)cc1)CCO2)c1ccccc1F. The zero-order chi connectivity index (χ0) is 22.2. The highest BCUT2D eigenvalue weighted by Gasteiger charge is 2.31. The number of benzene rings is 3. The summed E-state index contributed by atoms with van der Waals surface area (Å²) in [6, 6.07) is 13.3. The van der Waals surface area contributed by atoms with E-state index < -0.39 is 36.6 Å². The van der Waals surface area contributed by atoms with Crippen LogP contribution in [0.1, 0.15) is 0 Å². The van der Waals surface area contributed by atoms with E-state index in [0.29, 0.717) is 0 Å². The standard InChI is InChI=1S/C20H16F2N2O5S2/c21-14-5-8-16(9-6-14)31(27,28)24-11-12-29-19-10-7-15(13-18(19)24)23-30(25,26)20-4-2-1-3-17(20)22/h1-10,13,23H,11-12H2. The van der Waals surface area contributed by atoms with Crippen LogP contribution in [0.4, 0.5) is 20.2 Å². The van der Waals surface area contributed by atoms with Gasteiger partial charge in [-0.25, -0.2) is 25.6 Å². The van der Waals surface area contributed by atoms with Crippen molar-refractivity contribution in [2.24, 2.45) is 0 Å². The topological polar surface area (TPSA) is 92.8 Å². The van der Waals surface area contributed by atoms with Crippen molar-refractivity contribution in [2.45, 2.75) is 9.79 Å². The van der Waals surface area contributed by atoms with Gasteiger partial charge < -0.3 is 4.74 Å². The van der Waals surface area contributed by atoms with Crippen molar-refractivity contribution in [3.05, 3.63) is 78.4 Å². The summed E-state index contributed by atoms with van der Waals surface area (Å²) in [5, 5.41) is 0. The van der Waals surface area contributed by atoms with Gasteiger partial charge in [0.25, 0.3) is 20.0 Å². The molecule has 0 amide bonds. The van der Waals surface area contributed by atoms with E-state index in [2.05, 4.69) is 4.72 Å². The Kier molecular flexibility index (Phi) is 5.31. The van der Waals surface area contributed by atoms with E-state index in [1.807, 2.05) is 0 Å². The van der Waals surface area contributed by atoms with Gasteiger partial charge in [0.1, 0.15) is 28.9 Å². The number of sulfonamides is 2. The Morgan fingerprint density at radius 2 is 1.61 bits per heavy atom. The molecule has 1 aliphatic heterocycles. The Hall–Kier alpha value is -3.18. The molecule has 0 aliphatic carbocycles. The molecule has 1 aliphatic rings. The minimum Gasteiger partial charge on any atom is -0.489 e. The maximum atomic E-state index is 13.9. The molecule has 0 unspecified atom stereocenters. The summed E-state index contributed by atoms with van der Waals surface area (Å²) in [6.07, 6.45) is 0. The zero-order valence-corrected chi connectivity index (χ0v) is 17.5. The summed E-state index contributed by atoms with van der Waals surface area (Å²) in [7, 11) is -8.32. The van der Waals surface area contributed by atoms with E-state index in [-0.39, 0.29) is 35.2 Å². The quantitative estimate of drug-likeness (QED) is 0.623. The third-order valence-corrected chi connectivity index (χ3v) is 7.80. The molecule has 3 aromatic carbocycles. The minimum absolute atomic E-state index is 0.0202. The molecule has 7 nitrogen and oxygen atoms in total. The second kappa shape index (κ2) is 7.82. The van der Waals surface area contributed by atoms with Crippen LogP contribution < -0.4 is 13.8 Å². The second-order valence-electron chi connectivity index (χ2n) is 6.60. The molecule has 0 atom stereocenters. The molecule has 0 saturated heterocycles. The maximum absolute atomic E-state index is 13.9. The molecule has 31 heavy (non-hydrogen) atoms. The average molecular weight is 466 g/mol. The number of nitrogens with one attached hydrogen (secondary N) is 1. The largest absolute Gasteiger partial charge is 0.489 e. The Labute approximate surface area is 178 Å². The van der Waals surface area contributed by atoms with Gasteiger partial charge in [-0.1, -0.05) is 12.1 Å². The monoisotopic (exact) mass is 466 g/mol. The van der Waals surface area contributed by atoms with Gasteiger partial charge in [-0.2, -0.15) is 0 Å². The lowest BCUT2D eigenvalue weighted by molar-refractivity contribution is 0.316. The summed E-state index contributed by atoms with van der Waals surface area (Å²) >= 11 is 0. The van der Waals surface area contributed by atoms with E-state index >= 15 is 0 Å². The van der Waals surface area contributed by atoms with Crippen LogP contribution in [0.3, 0.4) is 0 Å². The molecular formula is C20H16F2N2O5S2. The molecule has 0 bridgehead atoms. The first kappa shape index (κ1) is 21.1. The minimum atomic E-state index is -4.26. The van der Waals surface area contributed by atoms with Gasteiger partial charge in [-0.05, 0) is 54.6 Å². The molecule has 0 radical (unpaired) electrons. The third-order valence-electron chi connectivity index (χ3n) is 4.56. The molecule has 4 rings (SSSR count).